The molecular formula is C20H28N2O6. The van der Waals surface area contributed by atoms with E-state index in [4.69, 9.17) is 14.6 Å². The summed E-state index contributed by atoms with van der Waals surface area (Å²) in [6.07, 6.45) is 1.18. The van der Waals surface area contributed by atoms with E-state index in [2.05, 4.69) is 5.32 Å². The van der Waals surface area contributed by atoms with E-state index in [-0.39, 0.29) is 30.1 Å². The molecule has 1 atom stereocenters. The van der Waals surface area contributed by atoms with Crippen molar-refractivity contribution in [3.05, 3.63) is 23.8 Å². The first-order chi connectivity index (χ1) is 13.3. The van der Waals surface area contributed by atoms with Crippen molar-refractivity contribution in [2.24, 2.45) is 11.8 Å². The molecule has 1 unspecified atom stereocenters. The minimum atomic E-state index is -0.872. The van der Waals surface area contributed by atoms with E-state index in [1.54, 1.807) is 30.0 Å². The molecule has 2 N–H and O–H groups in total. The number of hydrogen-bond donors (Lipinski definition) is 2. The Hall–Kier alpha value is -2.77. The maximum absolute atomic E-state index is 12.8. The molecule has 0 spiro atoms. The standard InChI is InChI=1S/C20H28N2O6/c1-13(8-18(23)24)12-21-19(25)14-4-6-22(7-5-14)20(26)15-9-16(27-2)11-17(10-15)28-3/h9-11,13-14H,4-8,12H2,1-3H3,(H,21,25)(H,23,24). The molecule has 154 valence electrons. The van der Waals surface area contributed by atoms with Crippen LogP contribution in [0.3, 0.4) is 0 Å². The number of carboxylic acid groups (broad SMARTS) is 1. The van der Waals surface area contributed by atoms with Crippen molar-refractivity contribution in [3.8, 4) is 11.5 Å². The molecule has 1 heterocycles. The lowest BCUT2D eigenvalue weighted by Crippen LogP contribution is -2.43. The number of carboxylic acids is 1. The number of likely N-dealkylation sites (tertiary alicyclic amines) is 1. The van der Waals surface area contributed by atoms with Gasteiger partial charge in [-0.15, -0.1) is 0 Å². The highest BCUT2D eigenvalue weighted by atomic mass is 16.5. The number of nitrogens with one attached hydrogen (secondary N) is 1. The summed E-state index contributed by atoms with van der Waals surface area (Å²) in [5, 5.41) is 11.6. The van der Waals surface area contributed by atoms with Crippen molar-refractivity contribution in [2.45, 2.75) is 26.2 Å². The Bertz CT molecular complexity index is 690. The van der Waals surface area contributed by atoms with Crippen molar-refractivity contribution < 1.29 is 29.0 Å². The summed E-state index contributed by atoms with van der Waals surface area (Å²) in [4.78, 5) is 37.5. The largest absolute Gasteiger partial charge is 0.497 e. The monoisotopic (exact) mass is 392 g/mol. The Morgan fingerprint density at radius 3 is 2.21 bits per heavy atom. The van der Waals surface area contributed by atoms with Crippen LogP contribution in [0.2, 0.25) is 0 Å². The van der Waals surface area contributed by atoms with Gasteiger partial charge >= 0.3 is 5.97 Å². The molecule has 0 aromatic heterocycles. The lowest BCUT2D eigenvalue weighted by atomic mass is 9.95. The highest BCUT2D eigenvalue weighted by Crippen LogP contribution is 2.25. The summed E-state index contributed by atoms with van der Waals surface area (Å²) in [5.41, 5.74) is 0.488. The molecule has 1 aromatic rings. The molecule has 1 aliphatic heterocycles. The van der Waals surface area contributed by atoms with Crippen molar-refractivity contribution in [1.82, 2.24) is 10.2 Å². The Balaban J connectivity index is 1.88. The average Bonchev–Trinajstić information content (AvgIpc) is 2.70. The first-order valence-electron chi connectivity index (χ1n) is 9.35. The van der Waals surface area contributed by atoms with Crippen LogP contribution >= 0.6 is 0 Å². The number of piperidine rings is 1. The first kappa shape index (κ1) is 21.5. The minimum Gasteiger partial charge on any atom is -0.497 e. The molecular weight excluding hydrogens is 364 g/mol. The van der Waals surface area contributed by atoms with Gasteiger partial charge in [0, 0.05) is 43.6 Å². The first-order valence-corrected chi connectivity index (χ1v) is 9.35. The second kappa shape index (κ2) is 9.96. The summed E-state index contributed by atoms with van der Waals surface area (Å²) >= 11 is 0. The van der Waals surface area contributed by atoms with Gasteiger partial charge in [-0.05, 0) is 30.9 Å². The summed E-state index contributed by atoms with van der Waals surface area (Å²) in [6.45, 7) is 3.11. The van der Waals surface area contributed by atoms with Crippen LogP contribution in [0.1, 0.15) is 36.5 Å². The van der Waals surface area contributed by atoms with Crippen LogP contribution in [-0.4, -0.2) is 61.6 Å². The zero-order chi connectivity index (χ0) is 20.7. The maximum Gasteiger partial charge on any atom is 0.303 e. The molecule has 2 rings (SSSR count). The number of rotatable bonds is 8. The van der Waals surface area contributed by atoms with Gasteiger partial charge < -0.3 is 24.8 Å². The molecule has 1 saturated heterocycles. The molecule has 1 aromatic carbocycles. The number of amides is 2. The van der Waals surface area contributed by atoms with E-state index < -0.39 is 5.97 Å². The third-order valence-electron chi connectivity index (χ3n) is 4.90. The van der Waals surface area contributed by atoms with Gasteiger partial charge in [0.25, 0.3) is 5.91 Å². The fraction of sp³-hybridized carbons (Fsp3) is 0.550. The Morgan fingerprint density at radius 2 is 1.71 bits per heavy atom. The molecule has 8 heteroatoms. The third-order valence-corrected chi connectivity index (χ3v) is 4.90. The van der Waals surface area contributed by atoms with Crippen molar-refractivity contribution >= 4 is 17.8 Å². The van der Waals surface area contributed by atoms with Gasteiger partial charge in [-0.25, -0.2) is 0 Å². The van der Waals surface area contributed by atoms with Crippen LogP contribution in [0.15, 0.2) is 18.2 Å². The number of carbonyl (C=O) groups excluding carboxylic acids is 2. The molecule has 0 saturated carbocycles. The van der Waals surface area contributed by atoms with Gasteiger partial charge in [0.05, 0.1) is 14.2 Å². The number of nitrogens with zero attached hydrogens (tertiary/aromatic N) is 1. The maximum atomic E-state index is 12.8. The van der Waals surface area contributed by atoms with E-state index in [9.17, 15) is 14.4 Å². The zero-order valence-electron chi connectivity index (χ0n) is 16.6. The number of hydrogen-bond acceptors (Lipinski definition) is 5. The molecule has 8 nitrogen and oxygen atoms in total. The molecule has 0 radical (unpaired) electrons. The van der Waals surface area contributed by atoms with E-state index >= 15 is 0 Å². The lowest BCUT2D eigenvalue weighted by molar-refractivity contribution is -0.138. The predicted molar refractivity (Wildman–Crippen MR) is 103 cm³/mol. The molecule has 1 fully saturated rings. The smallest absolute Gasteiger partial charge is 0.303 e. The van der Waals surface area contributed by atoms with Crippen LogP contribution in [0.5, 0.6) is 11.5 Å². The fourth-order valence-corrected chi connectivity index (χ4v) is 3.25. The van der Waals surface area contributed by atoms with Gasteiger partial charge in [0.2, 0.25) is 5.91 Å². The Kier molecular flexibility index (Phi) is 7.66. The summed E-state index contributed by atoms with van der Waals surface area (Å²) in [6, 6.07) is 5.06. The molecule has 0 aliphatic carbocycles. The van der Waals surface area contributed by atoms with Crippen molar-refractivity contribution in [2.75, 3.05) is 33.9 Å². The quantitative estimate of drug-likeness (QED) is 0.699. The number of carbonyl (C=O) groups is 3. The van der Waals surface area contributed by atoms with Crippen molar-refractivity contribution in [3.63, 3.8) is 0 Å². The molecule has 1 aliphatic rings. The van der Waals surface area contributed by atoms with Crippen LogP contribution in [0, 0.1) is 11.8 Å². The van der Waals surface area contributed by atoms with Gasteiger partial charge in [-0.1, -0.05) is 6.92 Å². The van der Waals surface area contributed by atoms with Crippen LogP contribution in [-0.2, 0) is 9.59 Å². The van der Waals surface area contributed by atoms with E-state index in [1.807, 2.05) is 0 Å². The van der Waals surface area contributed by atoms with Crippen molar-refractivity contribution in [1.29, 1.82) is 0 Å². The predicted octanol–water partition coefficient (Wildman–Crippen LogP) is 1.78. The van der Waals surface area contributed by atoms with Crippen LogP contribution in [0.4, 0.5) is 0 Å². The van der Waals surface area contributed by atoms with Crippen LogP contribution < -0.4 is 14.8 Å². The zero-order valence-corrected chi connectivity index (χ0v) is 16.6. The lowest BCUT2D eigenvalue weighted by Gasteiger charge is -2.31. The third kappa shape index (κ3) is 5.87. The highest BCUT2D eigenvalue weighted by Gasteiger charge is 2.28. The highest BCUT2D eigenvalue weighted by molar-refractivity contribution is 5.95. The number of ether oxygens (including phenoxy) is 2. The van der Waals surface area contributed by atoms with E-state index in [1.165, 1.54) is 14.2 Å². The van der Waals surface area contributed by atoms with Gasteiger partial charge in [-0.3, -0.25) is 14.4 Å². The summed E-state index contributed by atoms with van der Waals surface area (Å²) in [5.74, 6) is -0.256. The number of aliphatic carboxylic acids is 1. The summed E-state index contributed by atoms with van der Waals surface area (Å²) < 4.78 is 10.4. The average molecular weight is 392 g/mol. The second-order valence-corrected chi connectivity index (χ2v) is 7.12. The topological polar surface area (TPSA) is 105 Å². The Morgan fingerprint density at radius 1 is 1.14 bits per heavy atom. The number of methoxy groups -OCH3 is 2. The van der Waals surface area contributed by atoms with E-state index in [0.717, 1.165) is 0 Å². The number of benzene rings is 1. The van der Waals surface area contributed by atoms with E-state index in [0.29, 0.717) is 49.5 Å². The van der Waals surface area contributed by atoms with Gasteiger partial charge in [0.1, 0.15) is 11.5 Å². The fourth-order valence-electron chi connectivity index (χ4n) is 3.25. The second-order valence-electron chi connectivity index (χ2n) is 7.12. The SMILES string of the molecule is COc1cc(OC)cc(C(=O)N2CCC(C(=O)NCC(C)CC(=O)O)CC2)c1. The molecule has 0 bridgehead atoms. The van der Waals surface area contributed by atoms with Gasteiger partial charge in [0.15, 0.2) is 0 Å². The minimum absolute atomic E-state index is 0.0250. The molecule has 28 heavy (non-hydrogen) atoms. The molecule has 2 amide bonds. The normalized spacial score (nSPS) is 15.6. The Labute approximate surface area is 164 Å². The summed E-state index contributed by atoms with van der Waals surface area (Å²) in [7, 11) is 3.06. The van der Waals surface area contributed by atoms with Crippen LogP contribution in [0.25, 0.3) is 0 Å². The van der Waals surface area contributed by atoms with Gasteiger partial charge in [-0.2, -0.15) is 0 Å².